The standard InChI is InChI=1S/C19H28N6O.HI/c1-20-19(24(3)15-17-7-5-9-23(17)2)22-14-16-6-4-8-21-18(16)25-10-12-26-13-11-25;/h4-9H,10-15H2,1-3H3,(H,20,22);1H. The third kappa shape index (κ3) is 5.58. The van der Waals surface area contributed by atoms with Crippen molar-refractivity contribution in [2.75, 3.05) is 45.3 Å². The van der Waals surface area contributed by atoms with Gasteiger partial charge in [-0.2, -0.15) is 0 Å². The third-order valence-electron chi connectivity index (χ3n) is 4.64. The van der Waals surface area contributed by atoms with Crippen molar-refractivity contribution in [1.82, 2.24) is 19.8 Å². The maximum absolute atomic E-state index is 5.45. The Balaban J connectivity index is 0.00000261. The number of hydrogen-bond acceptors (Lipinski definition) is 4. The molecule has 1 aliphatic heterocycles. The Morgan fingerprint density at radius 2 is 2.07 bits per heavy atom. The third-order valence-corrected chi connectivity index (χ3v) is 4.64. The molecule has 2 aromatic heterocycles. The number of rotatable bonds is 5. The van der Waals surface area contributed by atoms with Crippen LogP contribution in [0.1, 0.15) is 11.3 Å². The molecule has 27 heavy (non-hydrogen) atoms. The number of morpholine rings is 1. The van der Waals surface area contributed by atoms with Crippen LogP contribution >= 0.6 is 24.0 Å². The lowest BCUT2D eigenvalue weighted by Gasteiger charge is -2.30. The van der Waals surface area contributed by atoms with Crippen LogP contribution < -0.4 is 10.2 Å². The number of anilines is 1. The Bertz CT molecular complexity index is 741. The number of hydrogen-bond donors (Lipinski definition) is 1. The summed E-state index contributed by atoms with van der Waals surface area (Å²) in [6.45, 7) is 4.75. The summed E-state index contributed by atoms with van der Waals surface area (Å²) in [4.78, 5) is 13.4. The van der Waals surface area contributed by atoms with Crippen LogP contribution in [0.3, 0.4) is 0 Å². The fourth-order valence-corrected chi connectivity index (χ4v) is 3.17. The molecule has 1 aliphatic rings. The van der Waals surface area contributed by atoms with E-state index in [1.165, 1.54) is 11.3 Å². The van der Waals surface area contributed by atoms with E-state index in [2.05, 4.69) is 68.2 Å². The van der Waals surface area contributed by atoms with Crippen molar-refractivity contribution in [1.29, 1.82) is 0 Å². The van der Waals surface area contributed by atoms with Gasteiger partial charge in [0.2, 0.25) is 0 Å². The summed E-state index contributed by atoms with van der Waals surface area (Å²) in [5.74, 6) is 1.90. The fraction of sp³-hybridized carbons (Fsp3) is 0.474. The summed E-state index contributed by atoms with van der Waals surface area (Å²) >= 11 is 0. The first-order chi connectivity index (χ1) is 12.7. The van der Waals surface area contributed by atoms with Crippen LogP contribution in [0.25, 0.3) is 0 Å². The van der Waals surface area contributed by atoms with Gasteiger partial charge in [-0.05, 0) is 18.2 Å². The number of guanidine groups is 1. The minimum atomic E-state index is 0. The Labute approximate surface area is 178 Å². The van der Waals surface area contributed by atoms with Crippen molar-refractivity contribution < 1.29 is 4.74 Å². The highest BCUT2D eigenvalue weighted by molar-refractivity contribution is 14.0. The van der Waals surface area contributed by atoms with Crippen LogP contribution in [-0.4, -0.2) is 60.8 Å². The van der Waals surface area contributed by atoms with E-state index in [0.717, 1.165) is 44.6 Å². The minimum Gasteiger partial charge on any atom is -0.378 e. The molecule has 0 spiro atoms. The summed E-state index contributed by atoms with van der Waals surface area (Å²) in [6.07, 6.45) is 3.91. The average molecular weight is 484 g/mol. The molecule has 1 N–H and O–H groups in total. The van der Waals surface area contributed by atoms with E-state index in [1.54, 1.807) is 0 Å². The molecule has 3 rings (SSSR count). The average Bonchev–Trinajstić information content (AvgIpc) is 3.08. The van der Waals surface area contributed by atoms with Crippen LogP contribution in [0.4, 0.5) is 5.82 Å². The van der Waals surface area contributed by atoms with Gasteiger partial charge in [0.1, 0.15) is 5.82 Å². The molecule has 1 fully saturated rings. The predicted molar refractivity (Wildman–Crippen MR) is 120 cm³/mol. The molecule has 3 heterocycles. The van der Waals surface area contributed by atoms with Crippen molar-refractivity contribution >= 4 is 35.8 Å². The molecule has 8 heteroatoms. The van der Waals surface area contributed by atoms with Gasteiger partial charge in [0.05, 0.1) is 19.8 Å². The molecule has 0 bridgehead atoms. The van der Waals surface area contributed by atoms with Crippen molar-refractivity contribution in [3.63, 3.8) is 0 Å². The summed E-state index contributed by atoms with van der Waals surface area (Å²) in [5, 5.41) is 3.47. The number of aromatic nitrogens is 2. The van der Waals surface area contributed by atoms with Crippen molar-refractivity contribution in [2.45, 2.75) is 13.1 Å². The van der Waals surface area contributed by atoms with Crippen LogP contribution in [0.2, 0.25) is 0 Å². The van der Waals surface area contributed by atoms with Crippen molar-refractivity contribution in [3.05, 3.63) is 47.9 Å². The molecular formula is C19H29IN6O. The number of aliphatic imine (C=N–C) groups is 1. The number of ether oxygens (including phenoxy) is 1. The van der Waals surface area contributed by atoms with Crippen LogP contribution in [0.15, 0.2) is 41.7 Å². The maximum atomic E-state index is 5.45. The molecule has 0 amide bonds. The van der Waals surface area contributed by atoms with Gasteiger partial charge < -0.3 is 24.4 Å². The predicted octanol–water partition coefficient (Wildman–Crippen LogP) is 2.08. The van der Waals surface area contributed by atoms with Gasteiger partial charge in [0, 0.05) is 64.4 Å². The van der Waals surface area contributed by atoms with E-state index >= 15 is 0 Å². The summed E-state index contributed by atoms with van der Waals surface area (Å²) in [5.41, 5.74) is 2.41. The molecule has 0 aromatic carbocycles. The van der Waals surface area contributed by atoms with Crippen molar-refractivity contribution in [3.8, 4) is 0 Å². The number of nitrogens with zero attached hydrogens (tertiary/aromatic N) is 5. The lowest BCUT2D eigenvalue weighted by Crippen LogP contribution is -2.40. The van der Waals surface area contributed by atoms with Crippen LogP contribution in [0, 0.1) is 0 Å². The van der Waals surface area contributed by atoms with Gasteiger partial charge in [0.15, 0.2) is 5.96 Å². The molecule has 1 saturated heterocycles. The second-order valence-corrected chi connectivity index (χ2v) is 6.45. The van der Waals surface area contributed by atoms with Gasteiger partial charge in [-0.25, -0.2) is 4.98 Å². The SMILES string of the molecule is CN=C(NCc1cccnc1N1CCOCC1)N(C)Cc1cccn1C.I. The highest BCUT2D eigenvalue weighted by Crippen LogP contribution is 2.18. The Morgan fingerprint density at radius 3 is 2.74 bits per heavy atom. The van der Waals surface area contributed by atoms with Crippen LogP contribution in [-0.2, 0) is 24.9 Å². The molecule has 7 nitrogen and oxygen atoms in total. The minimum absolute atomic E-state index is 0. The van der Waals surface area contributed by atoms with Gasteiger partial charge >= 0.3 is 0 Å². The molecule has 2 aromatic rings. The van der Waals surface area contributed by atoms with E-state index in [1.807, 2.05) is 19.3 Å². The van der Waals surface area contributed by atoms with E-state index in [9.17, 15) is 0 Å². The maximum Gasteiger partial charge on any atom is 0.194 e. The lowest BCUT2D eigenvalue weighted by molar-refractivity contribution is 0.122. The quantitative estimate of drug-likeness (QED) is 0.400. The number of halogens is 1. The zero-order valence-corrected chi connectivity index (χ0v) is 18.6. The molecule has 148 valence electrons. The second kappa shape index (κ2) is 10.5. The first-order valence-corrected chi connectivity index (χ1v) is 8.97. The number of aryl methyl sites for hydroxylation is 1. The number of pyridine rings is 1. The smallest absolute Gasteiger partial charge is 0.194 e. The molecule has 0 radical (unpaired) electrons. The van der Waals surface area contributed by atoms with E-state index < -0.39 is 0 Å². The first-order valence-electron chi connectivity index (χ1n) is 8.97. The highest BCUT2D eigenvalue weighted by Gasteiger charge is 2.16. The lowest BCUT2D eigenvalue weighted by atomic mass is 10.2. The summed E-state index contributed by atoms with van der Waals surface area (Å²) < 4.78 is 7.58. The molecule has 0 aliphatic carbocycles. The Morgan fingerprint density at radius 1 is 1.30 bits per heavy atom. The first kappa shape index (κ1) is 21.5. The largest absolute Gasteiger partial charge is 0.378 e. The highest BCUT2D eigenvalue weighted by atomic mass is 127. The fourth-order valence-electron chi connectivity index (χ4n) is 3.17. The normalized spacial score (nSPS) is 14.6. The molecule has 0 atom stereocenters. The zero-order chi connectivity index (χ0) is 18.4. The summed E-state index contributed by atoms with van der Waals surface area (Å²) in [7, 11) is 5.92. The summed E-state index contributed by atoms with van der Waals surface area (Å²) in [6, 6.07) is 8.29. The molecule has 0 saturated carbocycles. The molecule has 0 unspecified atom stereocenters. The van der Waals surface area contributed by atoms with Crippen molar-refractivity contribution in [2.24, 2.45) is 12.0 Å². The monoisotopic (exact) mass is 484 g/mol. The van der Waals surface area contributed by atoms with E-state index in [-0.39, 0.29) is 24.0 Å². The van der Waals surface area contributed by atoms with E-state index in [4.69, 9.17) is 4.74 Å². The van der Waals surface area contributed by atoms with Gasteiger partial charge in [-0.15, -0.1) is 24.0 Å². The van der Waals surface area contributed by atoms with Crippen LogP contribution in [0.5, 0.6) is 0 Å². The van der Waals surface area contributed by atoms with Gasteiger partial charge in [-0.1, -0.05) is 6.07 Å². The van der Waals surface area contributed by atoms with E-state index in [0.29, 0.717) is 6.54 Å². The Kier molecular flexibility index (Phi) is 8.36. The molecular weight excluding hydrogens is 455 g/mol. The second-order valence-electron chi connectivity index (χ2n) is 6.45. The Hall–Kier alpha value is -1.81. The topological polar surface area (TPSA) is 57.9 Å². The van der Waals surface area contributed by atoms with Gasteiger partial charge in [0.25, 0.3) is 0 Å². The number of nitrogens with one attached hydrogen (secondary N) is 1. The zero-order valence-electron chi connectivity index (χ0n) is 16.3. The van der Waals surface area contributed by atoms with Gasteiger partial charge in [-0.3, -0.25) is 4.99 Å².